The molecule has 31 heavy (non-hydrogen) atoms. The normalized spacial score (nSPS) is 16.2. The van der Waals surface area contributed by atoms with Crippen molar-refractivity contribution in [2.24, 2.45) is 0 Å². The summed E-state index contributed by atoms with van der Waals surface area (Å²) in [6, 6.07) is 5.55. The zero-order chi connectivity index (χ0) is 22.5. The van der Waals surface area contributed by atoms with Crippen molar-refractivity contribution in [3.8, 4) is 0 Å². The summed E-state index contributed by atoms with van der Waals surface area (Å²) in [4.78, 5) is 21.2. The van der Waals surface area contributed by atoms with E-state index in [0.29, 0.717) is 33.7 Å². The van der Waals surface area contributed by atoms with E-state index in [1.54, 1.807) is 32.9 Å². The highest BCUT2D eigenvalue weighted by Gasteiger charge is 2.53. The van der Waals surface area contributed by atoms with Gasteiger partial charge in [-0.1, -0.05) is 18.2 Å². The summed E-state index contributed by atoms with van der Waals surface area (Å²) in [6.45, 7) is 5.10. The Morgan fingerprint density at radius 1 is 1.10 bits per heavy atom. The molecule has 0 aliphatic heterocycles. The molecule has 1 aliphatic rings. The Labute approximate surface area is 176 Å². The lowest BCUT2D eigenvalue weighted by molar-refractivity contribution is 0.0654. The molecule has 1 saturated carbocycles. The number of rotatable bonds is 6. The Morgan fingerprint density at radius 2 is 1.77 bits per heavy atom. The third-order valence-corrected chi connectivity index (χ3v) is 5.96. The highest BCUT2D eigenvalue weighted by molar-refractivity contribution is 5.88. The zero-order valence-electron chi connectivity index (χ0n) is 17.3. The summed E-state index contributed by atoms with van der Waals surface area (Å²) in [6.07, 6.45) is -3.42. The van der Waals surface area contributed by atoms with Crippen molar-refractivity contribution < 1.29 is 17.6 Å². The van der Waals surface area contributed by atoms with Gasteiger partial charge in [-0.3, -0.25) is 4.79 Å². The first-order chi connectivity index (χ1) is 14.6. The molecule has 0 bridgehead atoms. The molecule has 0 radical (unpaired) electrons. The molecule has 0 spiro atoms. The molecule has 9 heteroatoms. The fraction of sp³-hybridized carbons (Fsp3) is 0.409. The summed E-state index contributed by atoms with van der Waals surface area (Å²) in [5.41, 5.74) is -0.590. The molecule has 1 aromatic carbocycles. The maximum Gasteiger partial charge on any atom is 0.264 e. The molecule has 2 aromatic heterocycles. The minimum atomic E-state index is -2.66. The van der Waals surface area contributed by atoms with Crippen molar-refractivity contribution in [3.63, 3.8) is 0 Å². The molecule has 2 heterocycles. The van der Waals surface area contributed by atoms with Crippen LogP contribution in [0.1, 0.15) is 54.7 Å². The molecule has 0 amide bonds. The van der Waals surface area contributed by atoms with Crippen LogP contribution in [0, 0.1) is 13.8 Å². The van der Waals surface area contributed by atoms with Crippen LogP contribution in [0.2, 0.25) is 0 Å². The van der Waals surface area contributed by atoms with Crippen molar-refractivity contribution in [1.29, 1.82) is 0 Å². The highest BCUT2D eigenvalue weighted by atomic mass is 19.3. The lowest BCUT2D eigenvalue weighted by atomic mass is 9.97. The first kappa shape index (κ1) is 21.3. The SMILES string of the molecule is Cc1nc(N[C@H](C)c2cccc(C(F)F)c2C)c2cn(C3(C(F)F)CC3)c(=O)cc2n1. The van der Waals surface area contributed by atoms with E-state index in [0.717, 1.165) is 4.57 Å². The van der Waals surface area contributed by atoms with Gasteiger partial charge in [-0.25, -0.2) is 27.5 Å². The number of halogens is 4. The first-order valence-electron chi connectivity index (χ1n) is 9.98. The van der Waals surface area contributed by atoms with Crippen LogP contribution in [0.3, 0.4) is 0 Å². The van der Waals surface area contributed by atoms with Crippen LogP contribution >= 0.6 is 0 Å². The molecule has 1 aliphatic carbocycles. The Balaban J connectivity index is 1.79. The van der Waals surface area contributed by atoms with E-state index in [2.05, 4.69) is 15.3 Å². The molecule has 5 nitrogen and oxygen atoms in total. The van der Waals surface area contributed by atoms with Crippen LogP contribution in [-0.2, 0) is 5.54 Å². The topological polar surface area (TPSA) is 59.8 Å². The van der Waals surface area contributed by atoms with E-state index >= 15 is 0 Å². The first-order valence-corrected chi connectivity index (χ1v) is 9.98. The van der Waals surface area contributed by atoms with Gasteiger partial charge in [0.25, 0.3) is 18.4 Å². The number of hydrogen-bond acceptors (Lipinski definition) is 4. The summed E-state index contributed by atoms with van der Waals surface area (Å²) >= 11 is 0. The van der Waals surface area contributed by atoms with Gasteiger partial charge in [0.05, 0.1) is 16.9 Å². The maximum absolute atomic E-state index is 13.6. The van der Waals surface area contributed by atoms with Crippen LogP contribution in [0.25, 0.3) is 10.9 Å². The van der Waals surface area contributed by atoms with Crippen molar-refractivity contribution in [2.45, 2.75) is 58.0 Å². The van der Waals surface area contributed by atoms with Gasteiger partial charge in [0, 0.05) is 17.8 Å². The lowest BCUT2D eigenvalue weighted by Gasteiger charge is -2.22. The monoisotopic (exact) mass is 434 g/mol. The molecule has 0 saturated heterocycles. The number of pyridine rings is 1. The third kappa shape index (κ3) is 3.66. The van der Waals surface area contributed by atoms with Crippen LogP contribution in [0.15, 0.2) is 35.3 Å². The molecule has 4 rings (SSSR count). The van der Waals surface area contributed by atoms with Crippen LogP contribution in [-0.4, -0.2) is 21.0 Å². The Morgan fingerprint density at radius 3 is 2.39 bits per heavy atom. The summed E-state index contributed by atoms with van der Waals surface area (Å²) in [5, 5.41) is 3.62. The van der Waals surface area contributed by atoms with Gasteiger partial charge in [0.1, 0.15) is 17.2 Å². The number of aryl methyl sites for hydroxylation is 1. The number of nitrogens with zero attached hydrogens (tertiary/aromatic N) is 3. The number of aromatic nitrogens is 3. The van der Waals surface area contributed by atoms with Gasteiger partial charge in [-0.2, -0.15) is 0 Å². The minimum Gasteiger partial charge on any atom is -0.363 e. The number of hydrogen-bond donors (Lipinski definition) is 1. The lowest BCUT2D eigenvalue weighted by Crippen LogP contribution is -2.35. The molecule has 164 valence electrons. The van der Waals surface area contributed by atoms with Gasteiger partial charge in [-0.05, 0) is 44.7 Å². The smallest absolute Gasteiger partial charge is 0.264 e. The highest BCUT2D eigenvalue weighted by Crippen LogP contribution is 2.48. The van der Waals surface area contributed by atoms with Crippen molar-refractivity contribution in [1.82, 2.24) is 14.5 Å². The van der Waals surface area contributed by atoms with Gasteiger partial charge < -0.3 is 9.88 Å². The number of anilines is 1. The van der Waals surface area contributed by atoms with E-state index in [4.69, 9.17) is 0 Å². The fourth-order valence-electron chi connectivity index (χ4n) is 4.03. The average Bonchev–Trinajstić information content (AvgIpc) is 3.49. The predicted molar refractivity (Wildman–Crippen MR) is 110 cm³/mol. The van der Waals surface area contributed by atoms with Gasteiger partial charge in [0.15, 0.2) is 0 Å². The van der Waals surface area contributed by atoms with E-state index in [-0.39, 0.29) is 18.4 Å². The molecule has 1 atom stereocenters. The second kappa shape index (κ2) is 7.62. The predicted octanol–water partition coefficient (Wildman–Crippen LogP) is 5.27. The third-order valence-electron chi connectivity index (χ3n) is 5.96. The molecule has 3 aromatic rings. The van der Waals surface area contributed by atoms with Crippen LogP contribution in [0.4, 0.5) is 23.4 Å². The van der Waals surface area contributed by atoms with E-state index < -0.39 is 30.0 Å². The summed E-state index contributed by atoms with van der Waals surface area (Å²) < 4.78 is 54.9. The maximum atomic E-state index is 13.6. The number of alkyl halides is 4. The Kier molecular flexibility index (Phi) is 5.23. The van der Waals surface area contributed by atoms with Gasteiger partial charge in [-0.15, -0.1) is 0 Å². The quantitative estimate of drug-likeness (QED) is 0.537. The molecule has 1 fully saturated rings. The van der Waals surface area contributed by atoms with E-state index in [1.807, 2.05) is 0 Å². The molecular weight excluding hydrogens is 412 g/mol. The Bertz CT molecular complexity index is 1200. The average molecular weight is 434 g/mol. The summed E-state index contributed by atoms with van der Waals surface area (Å²) in [5.74, 6) is 0.753. The van der Waals surface area contributed by atoms with Gasteiger partial charge in [0.2, 0.25) is 0 Å². The Hall–Kier alpha value is -2.97. The second-order valence-electron chi connectivity index (χ2n) is 8.03. The molecule has 0 unspecified atom stereocenters. The summed E-state index contributed by atoms with van der Waals surface area (Å²) in [7, 11) is 0. The number of nitrogens with one attached hydrogen (secondary N) is 1. The largest absolute Gasteiger partial charge is 0.363 e. The van der Waals surface area contributed by atoms with Crippen molar-refractivity contribution in [2.75, 3.05) is 5.32 Å². The van der Waals surface area contributed by atoms with Crippen molar-refractivity contribution >= 4 is 16.7 Å². The second-order valence-corrected chi connectivity index (χ2v) is 8.03. The van der Waals surface area contributed by atoms with E-state index in [1.165, 1.54) is 18.3 Å². The van der Waals surface area contributed by atoms with Crippen LogP contribution < -0.4 is 10.9 Å². The number of benzene rings is 1. The zero-order valence-corrected chi connectivity index (χ0v) is 17.3. The van der Waals surface area contributed by atoms with Crippen LogP contribution in [0.5, 0.6) is 0 Å². The van der Waals surface area contributed by atoms with Gasteiger partial charge >= 0.3 is 0 Å². The number of fused-ring (bicyclic) bond motifs is 1. The standard InChI is InChI=1S/C22H22F4N4O/c1-11-14(5-4-6-15(11)19(23)24)12(2)27-20-16-10-30(22(7-8-22)21(25)26)18(31)9-17(16)28-13(3)29-20/h4-6,9-10,12,19,21H,7-8H2,1-3H3,(H,27,28,29)/t12-/m1/s1. The fourth-order valence-corrected chi connectivity index (χ4v) is 4.03. The minimum absolute atomic E-state index is 0.0451. The molecular formula is C22H22F4N4O. The molecule has 1 N–H and O–H groups in total. The van der Waals surface area contributed by atoms with E-state index in [9.17, 15) is 22.4 Å². The van der Waals surface area contributed by atoms with Crippen molar-refractivity contribution in [3.05, 3.63) is 63.3 Å².